The maximum absolute atomic E-state index is 13.2. The third kappa shape index (κ3) is 5.79. The van der Waals surface area contributed by atoms with Gasteiger partial charge in [0.25, 0.3) is 0 Å². The summed E-state index contributed by atoms with van der Waals surface area (Å²) in [5, 5.41) is 11.9. The van der Waals surface area contributed by atoms with E-state index in [1.54, 1.807) is 17.4 Å². The second-order valence-electron chi connectivity index (χ2n) is 8.68. The highest BCUT2D eigenvalue weighted by Crippen LogP contribution is 2.50. The smallest absolute Gasteiger partial charge is 0.411 e. The Morgan fingerprint density at radius 3 is 2.19 bits per heavy atom. The largest absolute Gasteiger partial charge is 0.479 e. The molecule has 0 aliphatic rings. The third-order valence-corrected chi connectivity index (χ3v) is 6.08. The highest BCUT2D eigenvalue weighted by Gasteiger charge is 2.72. The van der Waals surface area contributed by atoms with Crippen molar-refractivity contribution in [2.75, 3.05) is 0 Å². The Labute approximate surface area is 212 Å². The predicted octanol–water partition coefficient (Wildman–Crippen LogP) is 6.44. The van der Waals surface area contributed by atoms with Gasteiger partial charge < -0.3 is 10.4 Å². The number of carbonyl (C=O) groups excluding carboxylic acids is 1. The van der Waals surface area contributed by atoms with Crippen molar-refractivity contribution in [1.82, 2.24) is 20.3 Å². The van der Waals surface area contributed by atoms with Crippen LogP contribution in [0.4, 0.5) is 26.3 Å². The molecule has 2 aromatic carbocycles. The first kappa shape index (κ1) is 28.2. The number of amides is 1. The number of rotatable bonds is 6. The maximum Gasteiger partial charge on any atom is 0.411 e. The van der Waals surface area contributed by atoms with E-state index in [4.69, 9.17) is 11.6 Å². The number of nitrogens with zero attached hydrogens (tertiary/aromatic N) is 3. The fourth-order valence-electron chi connectivity index (χ4n) is 3.28. The van der Waals surface area contributed by atoms with Gasteiger partial charge in [-0.2, -0.15) is 36.3 Å². The minimum atomic E-state index is -5.87. The molecule has 0 atom stereocenters. The lowest BCUT2D eigenvalue weighted by atomic mass is 9.87. The van der Waals surface area contributed by atoms with Gasteiger partial charge in [-0.15, -0.1) is 0 Å². The number of aromatic hydroxyl groups is 1. The van der Waals surface area contributed by atoms with E-state index in [1.807, 2.05) is 26.0 Å². The fourth-order valence-corrected chi connectivity index (χ4v) is 3.48. The molecule has 0 spiro atoms. The topological polar surface area (TPSA) is 88.0 Å². The SMILES string of the molecule is CC(C)c1cccc(-c2nc(O)nc(-c3cc(CNC(=O)C(C)(C(F)(F)F)C(F)(F)F)ccc3Cl)n2)c1. The molecule has 0 bridgehead atoms. The number of halogens is 7. The first-order chi connectivity index (χ1) is 17.0. The predicted molar refractivity (Wildman–Crippen MR) is 124 cm³/mol. The van der Waals surface area contributed by atoms with E-state index in [2.05, 4.69) is 15.0 Å². The van der Waals surface area contributed by atoms with Crippen molar-refractivity contribution >= 4 is 17.5 Å². The van der Waals surface area contributed by atoms with Crippen molar-refractivity contribution < 1.29 is 36.2 Å². The van der Waals surface area contributed by atoms with Crippen LogP contribution in [0.15, 0.2) is 42.5 Å². The fraction of sp³-hybridized carbons (Fsp3) is 0.333. The van der Waals surface area contributed by atoms with Crippen LogP contribution < -0.4 is 5.32 Å². The van der Waals surface area contributed by atoms with Gasteiger partial charge in [0.1, 0.15) is 0 Å². The average molecular weight is 547 g/mol. The molecule has 37 heavy (non-hydrogen) atoms. The number of hydrogen-bond donors (Lipinski definition) is 2. The molecule has 0 aliphatic heterocycles. The van der Waals surface area contributed by atoms with Crippen molar-refractivity contribution in [3.8, 4) is 28.8 Å². The van der Waals surface area contributed by atoms with Crippen LogP contribution in [0.1, 0.15) is 37.8 Å². The molecule has 0 saturated heterocycles. The van der Waals surface area contributed by atoms with Gasteiger partial charge in [0.2, 0.25) is 11.3 Å². The molecule has 198 valence electrons. The highest BCUT2D eigenvalue weighted by molar-refractivity contribution is 6.33. The average Bonchev–Trinajstić information content (AvgIpc) is 2.81. The molecular formula is C24H21ClF6N4O2. The molecule has 1 aromatic heterocycles. The Kier molecular flexibility index (Phi) is 7.73. The standard InChI is InChI=1S/C24H21ClF6N4O2/c1-12(2)14-5-4-6-15(10-14)18-33-19(35-21(37)34-18)16-9-13(7-8-17(16)25)11-32-20(36)22(3,23(26,27)28)24(29,30)31/h4-10,12H,11H2,1-3H3,(H,32,36)(H,33,34,35,37). The number of benzene rings is 2. The van der Waals surface area contributed by atoms with Gasteiger partial charge in [0.15, 0.2) is 11.6 Å². The van der Waals surface area contributed by atoms with E-state index in [9.17, 15) is 36.2 Å². The summed E-state index contributed by atoms with van der Waals surface area (Å²) in [6, 6.07) is 10.5. The summed E-state index contributed by atoms with van der Waals surface area (Å²) in [6.45, 7) is 3.08. The number of aromatic nitrogens is 3. The zero-order valence-corrected chi connectivity index (χ0v) is 20.4. The van der Waals surface area contributed by atoms with Crippen molar-refractivity contribution in [3.05, 3.63) is 58.6 Å². The molecule has 1 heterocycles. The van der Waals surface area contributed by atoms with Crippen LogP contribution in [0.3, 0.4) is 0 Å². The van der Waals surface area contributed by atoms with Crippen molar-refractivity contribution in [3.63, 3.8) is 0 Å². The van der Waals surface area contributed by atoms with Gasteiger partial charge in [-0.25, -0.2) is 4.98 Å². The summed E-state index contributed by atoms with van der Waals surface area (Å²) in [4.78, 5) is 24.1. The molecule has 0 radical (unpaired) electrons. The van der Waals surface area contributed by atoms with Crippen LogP contribution in [0.5, 0.6) is 6.01 Å². The summed E-state index contributed by atoms with van der Waals surface area (Å²) in [5.74, 6) is -2.03. The van der Waals surface area contributed by atoms with Crippen LogP contribution in [-0.2, 0) is 11.3 Å². The van der Waals surface area contributed by atoms with E-state index in [-0.39, 0.29) is 40.6 Å². The van der Waals surface area contributed by atoms with Crippen molar-refractivity contribution in [2.45, 2.75) is 45.6 Å². The quantitative estimate of drug-likeness (QED) is 0.348. The minimum absolute atomic E-state index is 0.0815. The van der Waals surface area contributed by atoms with Gasteiger partial charge in [0, 0.05) is 17.7 Å². The van der Waals surface area contributed by atoms with Gasteiger partial charge in [-0.3, -0.25) is 4.79 Å². The lowest BCUT2D eigenvalue weighted by Crippen LogP contribution is -2.57. The Morgan fingerprint density at radius 1 is 0.973 bits per heavy atom. The highest BCUT2D eigenvalue weighted by atomic mass is 35.5. The normalized spacial score (nSPS) is 12.6. The number of nitrogens with one attached hydrogen (secondary N) is 1. The lowest BCUT2D eigenvalue weighted by molar-refractivity contribution is -0.319. The molecule has 0 fully saturated rings. The summed E-state index contributed by atoms with van der Waals surface area (Å²) in [6.07, 6.45) is -11.7. The third-order valence-electron chi connectivity index (χ3n) is 5.75. The van der Waals surface area contributed by atoms with Crippen LogP contribution in [0.2, 0.25) is 5.02 Å². The van der Waals surface area contributed by atoms with Crippen LogP contribution in [0, 0.1) is 5.41 Å². The van der Waals surface area contributed by atoms with Crippen LogP contribution >= 0.6 is 11.6 Å². The zero-order valence-electron chi connectivity index (χ0n) is 19.7. The van der Waals surface area contributed by atoms with E-state index in [0.717, 1.165) is 5.56 Å². The van der Waals surface area contributed by atoms with E-state index < -0.39 is 36.2 Å². The van der Waals surface area contributed by atoms with Gasteiger partial charge >= 0.3 is 18.4 Å². The first-order valence-electron chi connectivity index (χ1n) is 10.8. The minimum Gasteiger partial charge on any atom is -0.479 e. The second kappa shape index (κ2) is 10.2. The molecule has 2 N–H and O–H groups in total. The zero-order chi connectivity index (χ0) is 27.8. The molecule has 0 saturated carbocycles. The number of hydrogen-bond acceptors (Lipinski definition) is 5. The van der Waals surface area contributed by atoms with Crippen molar-refractivity contribution in [2.24, 2.45) is 5.41 Å². The molecule has 0 aliphatic carbocycles. The summed E-state index contributed by atoms with van der Waals surface area (Å²) in [5.41, 5.74) is -2.82. The Bertz CT molecular complexity index is 1300. The van der Waals surface area contributed by atoms with E-state index >= 15 is 0 Å². The molecule has 1 amide bonds. The first-order valence-corrected chi connectivity index (χ1v) is 11.2. The van der Waals surface area contributed by atoms with E-state index in [0.29, 0.717) is 5.56 Å². The second-order valence-corrected chi connectivity index (χ2v) is 9.09. The maximum atomic E-state index is 13.2. The molecule has 6 nitrogen and oxygen atoms in total. The summed E-state index contributed by atoms with van der Waals surface area (Å²) < 4.78 is 78.9. The molecule has 0 unspecified atom stereocenters. The van der Waals surface area contributed by atoms with Gasteiger partial charge in [-0.1, -0.05) is 49.7 Å². The lowest BCUT2D eigenvalue weighted by Gasteiger charge is -2.32. The molecular weight excluding hydrogens is 526 g/mol. The monoisotopic (exact) mass is 546 g/mol. The molecule has 13 heteroatoms. The summed E-state index contributed by atoms with van der Waals surface area (Å²) >= 11 is 6.24. The Hall–Kier alpha value is -3.41. The number of alkyl halides is 6. The Morgan fingerprint density at radius 2 is 1.59 bits per heavy atom. The summed E-state index contributed by atoms with van der Waals surface area (Å²) in [7, 11) is 0. The van der Waals surface area contributed by atoms with Crippen LogP contribution in [0.25, 0.3) is 22.8 Å². The van der Waals surface area contributed by atoms with E-state index in [1.165, 1.54) is 18.2 Å². The van der Waals surface area contributed by atoms with Gasteiger partial charge in [0.05, 0.1) is 5.02 Å². The molecule has 3 rings (SSSR count). The van der Waals surface area contributed by atoms with Crippen LogP contribution in [-0.4, -0.2) is 38.3 Å². The Balaban J connectivity index is 1.94. The number of carbonyl (C=O) groups is 1. The van der Waals surface area contributed by atoms with Gasteiger partial charge in [-0.05, 0) is 42.2 Å². The van der Waals surface area contributed by atoms with Crippen molar-refractivity contribution in [1.29, 1.82) is 0 Å². The molecule has 3 aromatic rings.